The van der Waals surface area contributed by atoms with Gasteiger partial charge in [0.1, 0.15) is 6.61 Å². The van der Waals surface area contributed by atoms with Gasteiger partial charge >= 0.3 is 0 Å². The van der Waals surface area contributed by atoms with E-state index in [-0.39, 0.29) is 33.5 Å². The minimum atomic E-state index is -1.18. The Balaban J connectivity index is 3.59. The topological polar surface area (TPSA) is 180 Å². The van der Waals surface area contributed by atoms with Gasteiger partial charge in [-0.1, -0.05) is 0 Å². The Hall–Kier alpha value is -0.380. The minimum absolute atomic E-state index is 0.0622. The average Bonchev–Trinajstić information content (AvgIpc) is 2.74. The van der Waals surface area contributed by atoms with Crippen molar-refractivity contribution in [1.29, 1.82) is 0 Å². The molecular formula is C17H22I3N3O8. The fraction of sp³-hybridized carbons (Fsp3) is 0.471. The van der Waals surface area contributed by atoms with Gasteiger partial charge in [0.15, 0.2) is 0 Å². The summed E-state index contributed by atoms with van der Waals surface area (Å²) >= 11 is 5.52. The molecule has 1 unspecified atom stereocenters. The maximum absolute atomic E-state index is 12.8. The SMILES string of the molecule is CN(C(=O)CO)c1c(I)c(C(=O)NCC(O)CO)c(I)c(C(=O)NC[C@@H](O)CO)c1I. The number of aliphatic hydroxyl groups is 5. The number of anilines is 1. The van der Waals surface area contributed by atoms with Gasteiger partial charge in [0.05, 0.1) is 49.4 Å². The van der Waals surface area contributed by atoms with E-state index in [0.29, 0.717) is 7.14 Å². The molecule has 0 fully saturated rings. The first-order valence-electron chi connectivity index (χ1n) is 8.73. The molecular weight excluding hydrogens is 755 g/mol. The summed E-state index contributed by atoms with van der Waals surface area (Å²) in [6, 6.07) is 0. The van der Waals surface area contributed by atoms with E-state index in [9.17, 15) is 29.7 Å². The van der Waals surface area contributed by atoms with Crippen molar-refractivity contribution < 1.29 is 39.9 Å². The number of nitrogens with one attached hydrogen (secondary N) is 2. The maximum Gasteiger partial charge on any atom is 0.253 e. The van der Waals surface area contributed by atoms with Gasteiger partial charge in [-0.2, -0.15) is 0 Å². The molecule has 0 aliphatic rings. The molecule has 0 heterocycles. The fourth-order valence-corrected chi connectivity index (χ4v) is 7.17. The van der Waals surface area contributed by atoms with Crippen LogP contribution in [0.5, 0.6) is 0 Å². The molecule has 1 aromatic rings. The van der Waals surface area contributed by atoms with E-state index in [1.54, 1.807) is 0 Å². The molecule has 7 N–H and O–H groups in total. The number of aliphatic hydroxyl groups excluding tert-OH is 5. The van der Waals surface area contributed by atoms with Crippen LogP contribution in [-0.4, -0.2) is 95.4 Å². The van der Waals surface area contributed by atoms with E-state index < -0.39 is 49.8 Å². The number of hydrogen-bond acceptors (Lipinski definition) is 8. The monoisotopic (exact) mass is 777 g/mol. The van der Waals surface area contributed by atoms with Crippen LogP contribution < -0.4 is 15.5 Å². The van der Waals surface area contributed by atoms with Crippen molar-refractivity contribution in [3.8, 4) is 0 Å². The molecule has 31 heavy (non-hydrogen) atoms. The number of likely N-dealkylation sites (N-methyl/N-ethyl adjacent to an activating group) is 1. The van der Waals surface area contributed by atoms with Crippen LogP contribution in [-0.2, 0) is 4.79 Å². The number of hydrogen-bond donors (Lipinski definition) is 7. The summed E-state index contributed by atoms with van der Waals surface area (Å²) in [5.74, 6) is -1.96. The number of benzene rings is 1. The summed E-state index contributed by atoms with van der Waals surface area (Å²) in [6.45, 7) is -2.37. The molecule has 0 saturated carbocycles. The van der Waals surface area contributed by atoms with Crippen molar-refractivity contribution in [2.75, 3.05) is 44.9 Å². The van der Waals surface area contributed by atoms with Crippen LogP contribution in [0.1, 0.15) is 20.7 Å². The molecule has 0 aliphatic heterocycles. The predicted molar refractivity (Wildman–Crippen MR) is 136 cm³/mol. The highest BCUT2D eigenvalue weighted by Crippen LogP contribution is 2.37. The molecule has 1 rings (SSSR count). The Morgan fingerprint density at radius 1 is 0.839 bits per heavy atom. The van der Waals surface area contributed by atoms with Gasteiger partial charge in [0, 0.05) is 23.7 Å². The molecule has 2 atom stereocenters. The van der Waals surface area contributed by atoms with Crippen LogP contribution in [0, 0.1) is 10.7 Å². The second-order valence-electron chi connectivity index (χ2n) is 6.24. The lowest BCUT2D eigenvalue weighted by atomic mass is 10.1. The van der Waals surface area contributed by atoms with Gasteiger partial charge in [-0.15, -0.1) is 0 Å². The lowest BCUT2D eigenvalue weighted by Crippen LogP contribution is -2.38. The summed E-state index contributed by atoms with van der Waals surface area (Å²) in [5.41, 5.74) is 0.348. The van der Waals surface area contributed by atoms with E-state index >= 15 is 0 Å². The zero-order valence-electron chi connectivity index (χ0n) is 16.2. The van der Waals surface area contributed by atoms with Crippen LogP contribution in [0.25, 0.3) is 0 Å². The number of carbonyl (C=O) groups is 3. The molecule has 1 aromatic carbocycles. The van der Waals surface area contributed by atoms with Gasteiger partial charge < -0.3 is 41.1 Å². The third-order valence-electron chi connectivity index (χ3n) is 4.01. The quantitative estimate of drug-likeness (QED) is 0.142. The van der Waals surface area contributed by atoms with Gasteiger partial charge in [0.2, 0.25) is 0 Å². The average molecular weight is 777 g/mol. The van der Waals surface area contributed by atoms with E-state index in [2.05, 4.69) is 10.6 Å². The first-order chi connectivity index (χ1) is 14.5. The van der Waals surface area contributed by atoms with Crippen molar-refractivity contribution >= 4 is 91.2 Å². The lowest BCUT2D eigenvalue weighted by Gasteiger charge is -2.25. The van der Waals surface area contributed by atoms with Gasteiger partial charge in [0.25, 0.3) is 17.7 Å². The van der Waals surface area contributed by atoms with Crippen molar-refractivity contribution in [2.45, 2.75) is 12.2 Å². The van der Waals surface area contributed by atoms with E-state index in [1.165, 1.54) is 7.05 Å². The van der Waals surface area contributed by atoms with Crippen LogP contribution in [0.4, 0.5) is 5.69 Å². The zero-order chi connectivity index (χ0) is 23.9. The standard InChI is InChI=1S/C17H22I3N3O8/c1-23(9(29)6-26)15-13(19)10(16(30)21-2-7(27)4-24)12(18)11(14(15)20)17(31)22-3-8(28)5-25/h7-8,24-28H,2-6H2,1H3,(H,21,30)(H,22,31)/t7-,8?/m1/s1. The highest BCUT2D eigenvalue weighted by Gasteiger charge is 2.30. The van der Waals surface area contributed by atoms with Crippen LogP contribution >= 0.6 is 67.8 Å². The Morgan fingerprint density at radius 2 is 1.23 bits per heavy atom. The molecule has 0 bridgehead atoms. The van der Waals surface area contributed by atoms with Crippen molar-refractivity contribution in [1.82, 2.24) is 10.6 Å². The Labute approximate surface area is 219 Å². The molecule has 0 aromatic heterocycles. The molecule has 0 aliphatic carbocycles. The van der Waals surface area contributed by atoms with Crippen LogP contribution in [0.3, 0.4) is 0 Å². The third-order valence-corrected chi connectivity index (χ3v) is 7.19. The van der Waals surface area contributed by atoms with Crippen LogP contribution in [0.2, 0.25) is 0 Å². The van der Waals surface area contributed by atoms with E-state index in [1.807, 2.05) is 67.8 Å². The number of halogens is 3. The Bertz CT molecular complexity index is 786. The highest BCUT2D eigenvalue weighted by molar-refractivity contribution is 14.1. The number of amides is 3. The Kier molecular flexibility index (Phi) is 12.3. The molecule has 14 heteroatoms. The first-order valence-corrected chi connectivity index (χ1v) is 12.0. The maximum atomic E-state index is 12.8. The molecule has 0 saturated heterocycles. The van der Waals surface area contributed by atoms with Crippen LogP contribution in [0.15, 0.2) is 0 Å². The summed E-state index contributed by atoms with van der Waals surface area (Å²) < 4.78 is 0.921. The summed E-state index contributed by atoms with van der Waals surface area (Å²) in [4.78, 5) is 38.9. The fourth-order valence-electron chi connectivity index (χ4n) is 2.30. The number of rotatable bonds is 10. The van der Waals surface area contributed by atoms with Gasteiger partial charge in [-0.3, -0.25) is 14.4 Å². The van der Waals surface area contributed by atoms with Gasteiger partial charge in [-0.25, -0.2) is 0 Å². The summed E-state index contributed by atoms with van der Waals surface area (Å²) in [5, 5.41) is 51.1. The second kappa shape index (κ2) is 13.4. The van der Waals surface area contributed by atoms with Crippen molar-refractivity contribution in [3.05, 3.63) is 21.8 Å². The summed E-state index contributed by atoms with van der Waals surface area (Å²) in [7, 11) is 1.39. The van der Waals surface area contributed by atoms with E-state index in [4.69, 9.17) is 10.2 Å². The minimum Gasteiger partial charge on any atom is -0.394 e. The summed E-state index contributed by atoms with van der Waals surface area (Å²) in [6.07, 6.45) is -2.35. The molecule has 174 valence electrons. The van der Waals surface area contributed by atoms with E-state index in [0.717, 1.165) is 4.90 Å². The van der Waals surface area contributed by atoms with Crippen molar-refractivity contribution in [3.63, 3.8) is 0 Å². The molecule has 3 amide bonds. The first kappa shape index (κ1) is 28.7. The smallest absolute Gasteiger partial charge is 0.253 e. The zero-order valence-corrected chi connectivity index (χ0v) is 22.7. The Morgan fingerprint density at radius 3 is 1.55 bits per heavy atom. The van der Waals surface area contributed by atoms with Crippen molar-refractivity contribution in [2.24, 2.45) is 0 Å². The third kappa shape index (κ3) is 7.30. The van der Waals surface area contributed by atoms with Gasteiger partial charge in [-0.05, 0) is 67.8 Å². The number of nitrogens with zero attached hydrogens (tertiary/aromatic N) is 1. The molecule has 0 spiro atoms. The number of carbonyl (C=O) groups excluding carboxylic acids is 3. The lowest BCUT2D eigenvalue weighted by molar-refractivity contribution is -0.121. The second-order valence-corrected chi connectivity index (χ2v) is 9.48. The normalized spacial score (nSPS) is 12.8. The largest absolute Gasteiger partial charge is 0.394 e. The predicted octanol–water partition coefficient (Wildman–Crippen LogP) is -1.38. The molecule has 0 radical (unpaired) electrons. The highest BCUT2D eigenvalue weighted by atomic mass is 127. The molecule has 11 nitrogen and oxygen atoms in total.